The molecule has 0 spiro atoms. The van der Waals surface area contributed by atoms with Crippen LogP contribution in [0.4, 0.5) is 0 Å². The number of rotatable bonds is 3. The van der Waals surface area contributed by atoms with Crippen molar-refractivity contribution in [2.75, 3.05) is 6.54 Å². The first-order valence-electron chi connectivity index (χ1n) is 5.93. The van der Waals surface area contributed by atoms with Crippen molar-refractivity contribution in [3.63, 3.8) is 0 Å². The Kier molecular flexibility index (Phi) is 4.47. The minimum atomic E-state index is -0.978. The van der Waals surface area contributed by atoms with Crippen LogP contribution in [0.1, 0.15) is 47.0 Å². The smallest absolute Gasteiger partial charge is 0.217 e. The van der Waals surface area contributed by atoms with Gasteiger partial charge in [0.1, 0.15) is 5.78 Å². The van der Waals surface area contributed by atoms with Gasteiger partial charge in [-0.15, -0.1) is 0 Å². The van der Waals surface area contributed by atoms with Gasteiger partial charge in [-0.2, -0.15) is 0 Å². The summed E-state index contributed by atoms with van der Waals surface area (Å²) in [5.41, 5.74) is -0.405. The standard InChI is InChI=1S/C12H23NO3/c1-9(14)10-7-5-6-8-13(10)11(15)16-12(2,3)4/h10-11,15H,5-8H2,1-4H3/t10-,11?/m1/s1. The number of ketones is 1. The maximum absolute atomic E-state index is 11.5. The van der Waals surface area contributed by atoms with E-state index in [0.717, 1.165) is 25.8 Å². The van der Waals surface area contributed by atoms with E-state index in [-0.39, 0.29) is 11.8 Å². The van der Waals surface area contributed by atoms with E-state index in [1.807, 2.05) is 20.8 Å². The first-order valence-corrected chi connectivity index (χ1v) is 5.93. The van der Waals surface area contributed by atoms with E-state index in [4.69, 9.17) is 4.74 Å². The number of nitrogens with zero attached hydrogens (tertiary/aromatic N) is 1. The van der Waals surface area contributed by atoms with E-state index in [0.29, 0.717) is 0 Å². The number of aliphatic hydroxyl groups excluding tert-OH is 1. The van der Waals surface area contributed by atoms with Crippen LogP contribution in [0.2, 0.25) is 0 Å². The lowest BCUT2D eigenvalue weighted by atomic mass is 10.00. The van der Waals surface area contributed by atoms with E-state index in [1.54, 1.807) is 11.8 Å². The molecule has 0 aromatic rings. The molecule has 1 heterocycles. The number of hydrogen-bond donors (Lipinski definition) is 1. The molecule has 1 aliphatic rings. The molecule has 1 unspecified atom stereocenters. The molecule has 2 atom stereocenters. The highest BCUT2D eigenvalue weighted by atomic mass is 16.6. The Morgan fingerprint density at radius 2 is 2.06 bits per heavy atom. The Balaban J connectivity index is 2.64. The van der Waals surface area contributed by atoms with Crippen LogP contribution in [0.15, 0.2) is 0 Å². The van der Waals surface area contributed by atoms with E-state index in [2.05, 4.69) is 0 Å². The molecular weight excluding hydrogens is 206 g/mol. The average molecular weight is 229 g/mol. The molecule has 0 aliphatic carbocycles. The lowest BCUT2D eigenvalue weighted by molar-refractivity contribution is -0.250. The molecule has 0 aromatic heterocycles. The lowest BCUT2D eigenvalue weighted by Crippen LogP contribution is -2.52. The number of ether oxygens (including phenoxy) is 1. The number of likely N-dealkylation sites (tertiary alicyclic amines) is 1. The summed E-state index contributed by atoms with van der Waals surface area (Å²) in [6.45, 7) is 7.98. The van der Waals surface area contributed by atoms with Crippen molar-refractivity contribution in [2.24, 2.45) is 0 Å². The fraction of sp³-hybridized carbons (Fsp3) is 0.917. The van der Waals surface area contributed by atoms with Crippen molar-refractivity contribution in [1.82, 2.24) is 4.90 Å². The summed E-state index contributed by atoms with van der Waals surface area (Å²) < 4.78 is 5.49. The number of aliphatic hydroxyl groups is 1. The summed E-state index contributed by atoms with van der Waals surface area (Å²) >= 11 is 0. The Labute approximate surface area is 97.6 Å². The van der Waals surface area contributed by atoms with Crippen LogP contribution in [0.3, 0.4) is 0 Å². The largest absolute Gasteiger partial charge is 0.356 e. The molecule has 1 saturated heterocycles. The van der Waals surface area contributed by atoms with Gasteiger partial charge < -0.3 is 9.84 Å². The van der Waals surface area contributed by atoms with Gasteiger partial charge in [-0.05, 0) is 40.5 Å². The highest BCUT2D eigenvalue weighted by Gasteiger charge is 2.33. The van der Waals surface area contributed by atoms with Crippen molar-refractivity contribution >= 4 is 5.78 Å². The molecule has 0 aromatic carbocycles. The highest BCUT2D eigenvalue weighted by Crippen LogP contribution is 2.22. The Bertz CT molecular complexity index is 247. The molecule has 0 saturated carbocycles. The van der Waals surface area contributed by atoms with Gasteiger partial charge in [-0.3, -0.25) is 4.79 Å². The monoisotopic (exact) mass is 229 g/mol. The second-order valence-corrected chi connectivity index (χ2v) is 5.42. The highest BCUT2D eigenvalue weighted by molar-refractivity contribution is 5.81. The third kappa shape index (κ3) is 3.85. The van der Waals surface area contributed by atoms with Crippen molar-refractivity contribution < 1.29 is 14.6 Å². The molecular formula is C12H23NO3. The fourth-order valence-electron chi connectivity index (χ4n) is 2.04. The topological polar surface area (TPSA) is 49.8 Å². The van der Waals surface area contributed by atoms with Gasteiger partial charge in [0.2, 0.25) is 6.41 Å². The maximum Gasteiger partial charge on any atom is 0.217 e. The number of Topliss-reactive ketones (excluding diaryl/α,β-unsaturated/α-hetero) is 1. The summed E-state index contributed by atoms with van der Waals surface area (Å²) in [5.74, 6) is 0.108. The molecule has 4 nitrogen and oxygen atoms in total. The zero-order chi connectivity index (χ0) is 12.3. The molecule has 1 aliphatic heterocycles. The SMILES string of the molecule is CC(=O)[C@H]1CCCCN1C(O)OC(C)(C)C. The predicted molar refractivity (Wildman–Crippen MR) is 61.9 cm³/mol. The summed E-state index contributed by atoms with van der Waals surface area (Å²) in [6, 6.07) is -0.189. The number of hydrogen-bond acceptors (Lipinski definition) is 4. The van der Waals surface area contributed by atoms with Gasteiger partial charge in [0.15, 0.2) is 0 Å². The van der Waals surface area contributed by atoms with E-state index in [1.165, 1.54) is 0 Å². The third-order valence-corrected chi connectivity index (χ3v) is 2.76. The first-order chi connectivity index (χ1) is 7.31. The third-order valence-electron chi connectivity index (χ3n) is 2.76. The predicted octanol–water partition coefficient (Wildman–Crippen LogP) is 1.52. The van der Waals surface area contributed by atoms with Gasteiger partial charge in [0, 0.05) is 6.54 Å². The molecule has 4 heteroatoms. The molecule has 0 radical (unpaired) electrons. The van der Waals surface area contributed by atoms with Crippen LogP contribution in [-0.2, 0) is 9.53 Å². The summed E-state index contributed by atoms with van der Waals surface area (Å²) in [6.07, 6.45) is 1.89. The second kappa shape index (κ2) is 5.25. The van der Waals surface area contributed by atoms with Gasteiger partial charge >= 0.3 is 0 Å². The molecule has 94 valence electrons. The van der Waals surface area contributed by atoms with Gasteiger partial charge in [0.25, 0.3) is 0 Å². The van der Waals surface area contributed by atoms with E-state index in [9.17, 15) is 9.90 Å². The normalized spacial score (nSPS) is 25.4. The van der Waals surface area contributed by atoms with Crippen molar-refractivity contribution in [3.05, 3.63) is 0 Å². The zero-order valence-corrected chi connectivity index (χ0v) is 10.7. The van der Waals surface area contributed by atoms with Crippen LogP contribution < -0.4 is 0 Å². The minimum Gasteiger partial charge on any atom is -0.356 e. The van der Waals surface area contributed by atoms with Crippen molar-refractivity contribution in [1.29, 1.82) is 0 Å². The van der Waals surface area contributed by atoms with Gasteiger partial charge in [-0.1, -0.05) is 6.42 Å². The zero-order valence-electron chi connectivity index (χ0n) is 10.7. The Morgan fingerprint density at radius 3 is 2.56 bits per heavy atom. The Morgan fingerprint density at radius 1 is 1.44 bits per heavy atom. The van der Waals surface area contributed by atoms with Gasteiger partial charge in [-0.25, -0.2) is 4.90 Å². The maximum atomic E-state index is 11.5. The number of piperidine rings is 1. The summed E-state index contributed by atoms with van der Waals surface area (Å²) in [4.78, 5) is 13.2. The van der Waals surface area contributed by atoms with Crippen LogP contribution >= 0.6 is 0 Å². The summed E-state index contributed by atoms with van der Waals surface area (Å²) in [5, 5.41) is 9.98. The minimum absolute atomic E-state index is 0.108. The lowest BCUT2D eigenvalue weighted by Gasteiger charge is -2.39. The molecule has 1 rings (SSSR count). The van der Waals surface area contributed by atoms with Crippen molar-refractivity contribution in [3.8, 4) is 0 Å². The van der Waals surface area contributed by atoms with Crippen molar-refractivity contribution in [2.45, 2.75) is 65.0 Å². The molecule has 1 N–H and O–H groups in total. The van der Waals surface area contributed by atoms with Crippen LogP contribution in [0.5, 0.6) is 0 Å². The first kappa shape index (κ1) is 13.6. The van der Waals surface area contributed by atoms with Crippen LogP contribution in [-0.4, -0.2) is 40.4 Å². The van der Waals surface area contributed by atoms with Crippen LogP contribution in [0, 0.1) is 0 Å². The number of carbonyl (C=O) groups is 1. The summed E-state index contributed by atoms with van der Waals surface area (Å²) in [7, 11) is 0. The Hall–Kier alpha value is -0.450. The second-order valence-electron chi connectivity index (χ2n) is 5.42. The molecule has 1 fully saturated rings. The molecule has 0 amide bonds. The van der Waals surface area contributed by atoms with Gasteiger partial charge in [0.05, 0.1) is 11.6 Å². The van der Waals surface area contributed by atoms with E-state index >= 15 is 0 Å². The number of carbonyl (C=O) groups excluding carboxylic acids is 1. The van der Waals surface area contributed by atoms with Crippen LogP contribution in [0.25, 0.3) is 0 Å². The van der Waals surface area contributed by atoms with E-state index < -0.39 is 12.0 Å². The molecule has 16 heavy (non-hydrogen) atoms. The quantitative estimate of drug-likeness (QED) is 0.745. The molecule has 0 bridgehead atoms. The fourth-order valence-corrected chi connectivity index (χ4v) is 2.04. The average Bonchev–Trinajstić information content (AvgIpc) is 2.15.